The summed E-state index contributed by atoms with van der Waals surface area (Å²) in [4.78, 5) is 13.9. The first-order chi connectivity index (χ1) is 8.22. The highest BCUT2D eigenvalue weighted by Crippen LogP contribution is 2.14. The molecule has 1 amide bonds. The van der Waals surface area contributed by atoms with Crippen LogP contribution in [-0.4, -0.2) is 30.0 Å². The van der Waals surface area contributed by atoms with Crippen LogP contribution in [0, 0.1) is 0 Å². The Kier molecular flexibility index (Phi) is 5.53. The van der Waals surface area contributed by atoms with Gasteiger partial charge in [0.2, 0.25) is 0 Å². The van der Waals surface area contributed by atoms with Gasteiger partial charge in [-0.3, -0.25) is 4.79 Å². The van der Waals surface area contributed by atoms with E-state index in [0.717, 1.165) is 18.8 Å². The number of benzene rings is 1. The Bertz CT molecular complexity index is 333. The standard InChI is InChI=1S/C14H21NO2/c1-4-13(14(16)15(5-2)6-3)17-12-10-8-7-9-11-12/h7-11,13H,4-6H2,1-3H3. The highest BCUT2D eigenvalue weighted by molar-refractivity contribution is 5.81. The second-order valence-electron chi connectivity index (χ2n) is 3.84. The van der Waals surface area contributed by atoms with Gasteiger partial charge in [0.1, 0.15) is 5.75 Å². The third kappa shape index (κ3) is 3.77. The lowest BCUT2D eigenvalue weighted by Crippen LogP contribution is -2.41. The summed E-state index contributed by atoms with van der Waals surface area (Å²) in [6.07, 6.45) is 0.307. The van der Waals surface area contributed by atoms with Crippen molar-refractivity contribution in [3.63, 3.8) is 0 Å². The fourth-order valence-corrected chi connectivity index (χ4v) is 1.71. The van der Waals surface area contributed by atoms with Crippen molar-refractivity contribution in [1.82, 2.24) is 4.90 Å². The van der Waals surface area contributed by atoms with E-state index < -0.39 is 0 Å². The van der Waals surface area contributed by atoms with Gasteiger partial charge in [0.05, 0.1) is 0 Å². The van der Waals surface area contributed by atoms with E-state index in [0.29, 0.717) is 6.42 Å². The van der Waals surface area contributed by atoms with Gasteiger partial charge >= 0.3 is 0 Å². The van der Waals surface area contributed by atoms with Gasteiger partial charge in [-0.05, 0) is 32.4 Å². The summed E-state index contributed by atoms with van der Waals surface area (Å²) in [7, 11) is 0. The van der Waals surface area contributed by atoms with Crippen molar-refractivity contribution < 1.29 is 9.53 Å². The number of likely N-dealkylation sites (N-methyl/N-ethyl adjacent to an activating group) is 1. The average Bonchev–Trinajstić information content (AvgIpc) is 2.38. The summed E-state index contributed by atoms with van der Waals surface area (Å²) >= 11 is 0. The van der Waals surface area contributed by atoms with Crippen LogP contribution in [0.4, 0.5) is 0 Å². The number of hydrogen-bond donors (Lipinski definition) is 0. The fourth-order valence-electron chi connectivity index (χ4n) is 1.71. The van der Waals surface area contributed by atoms with Gasteiger partial charge < -0.3 is 9.64 Å². The zero-order chi connectivity index (χ0) is 12.7. The predicted molar refractivity (Wildman–Crippen MR) is 69.1 cm³/mol. The van der Waals surface area contributed by atoms with Crippen molar-refractivity contribution in [2.75, 3.05) is 13.1 Å². The molecule has 0 fully saturated rings. The number of nitrogens with zero attached hydrogens (tertiary/aromatic N) is 1. The van der Waals surface area contributed by atoms with E-state index in [2.05, 4.69) is 0 Å². The van der Waals surface area contributed by atoms with Crippen molar-refractivity contribution >= 4 is 5.91 Å². The Hall–Kier alpha value is -1.51. The van der Waals surface area contributed by atoms with Crippen molar-refractivity contribution in [3.05, 3.63) is 30.3 Å². The summed E-state index contributed by atoms with van der Waals surface area (Å²) in [5, 5.41) is 0. The third-order valence-corrected chi connectivity index (χ3v) is 2.74. The molecule has 0 aromatic heterocycles. The van der Waals surface area contributed by atoms with Crippen LogP contribution in [0.15, 0.2) is 30.3 Å². The summed E-state index contributed by atoms with van der Waals surface area (Å²) in [5.74, 6) is 0.821. The molecular formula is C14H21NO2. The maximum Gasteiger partial charge on any atom is 0.263 e. The topological polar surface area (TPSA) is 29.5 Å². The lowest BCUT2D eigenvalue weighted by atomic mass is 10.2. The van der Waals surface area contributed by atoms with Crippen LogP contribution in [0.1, 0.15) is 27.2 Å². The largest absolute Gasteiger partial charge is 0.481 e. The number of carbonyl (C=O) groups is 1. The van der Waals surface area contributed by atoms with E-state index in [4.69, 9.17) is 4.74 Å². The van der Waals surface area contributed by atoms with Crippen molar-refractivity contribution in [2.45, 2.75) is 33.3 Å². The van der Waals surface area contributed by atoms with Crippen LogP contribution in [0.3, 0.4) is 0 Å². The van der Waals surface area contributed by atoms with Crippen molar-refractivity contribution in [2.24, 2.45) is 0 Å². The maximum absolute atomic E-state index is 12.1. The first-order valence-electron chi connectivity index (χ1n) is 6.23. The van der Waals surface area contributed by atoms with E-state index in [1.807, 2.05) is 51.1 Å². The van der Waals surface area contributed by atoms with Crippen molar-refractivity contribution in [1.29, 1.82) is 0 Å². The molecule has 0 aliphatic heterocycles. The molecule has 17 heavy (non-hydrogen) atoms. The van der Waals surface area contributed by atoms with Gasteiger partial charge in [0.25, 0.3) is 5.91 Å². The Morgan fingerprint density at radius 2 is 1.76 bits per heavy atom. The van der Waals surface area contributed by atoms with Gasteiger partial charge in [0.15, 0.2) is 6.10 Å². The Balaban J connectivity index is 2.68. The van der Waals surface area contributed by atoms with E-state index in [9.17, 15) is 4.79 Å². The van der Waals surface area contributed by atoms with Crippen LogP contribution in [-0.2, 0) is 4.79 Å². The minimum absolute atomic E-state index is 0.0707. The molecule has 1 aromatic carbocycles. The number of carbonyl (C=O) groups excluding carboxylic acids is 1. The van der Waals surface area contributed by atoms with E-state index >= 15 is 0 Å². The number of ether oxygens (including phenoxy) is 1. The first-order valence-corrected chi connectivity index (χ1v) is 6.23. The zero-order valence-corrected chi connectivity index (χ0v) is 10.8. The number of rotatable bonds is 6. The molecule has 0 aliphatic carbocycles. The Morgan fingerprint density at radius 3 is 2.24 bits per heavy atom. The predicted octanol–water partition coefficient (Wildman–Crippen LogP) is 2.71. The molecule has 0 bridgehead atoms. The molecule has 0 spiro atoms. The summed E-state index contributed by atoms with van der Waals surface area (Å²) in [6, 6.07) is 9.49. The monoisotopic (exact) mass is 235 g/mol. The van der Waals surface area contributed by atoms with E-state index in [1.165, 1.54) is 0 Å². The average molecular weight is 235 g/mol. The Labute approximate surface area is 103 Å². The highest BCUT2D eigenvalue weighted by atomic mass is 16.5. The molecule has 0 saturated heterocycles. The molecule has 0 saturated carbocycles. The van der Waals surface area contributed by atoms with Crippen LogP contribution >= 0.6 is 0 Å². The normalized spacial score (nSPS) is 11.9. The summed E-state index contributed by atoms with van der Waals surface area (Å²) in [5.41, 5.74) is 0. The van der Waals surface area contributed by atoms with E-state index in [1.54, 1.807) is 4.90 Å². The van der Waals surface area contributed by atoms with Gasteiger partial charge in [-0.1, -0.05) is 25.1 Å². The molecule has 0 heterocycles. The van der Waals surface area contributed by atoms with Crippen molar-refractivity contribution in [3.8, 4) is 5.75 Å². The third-order valence-electron chi connectivity index (χ3n) is 2.74. The number of para-hydroxylation sites is 1. The first kappa shape index (κ1) is 13.6. The lowest BCUT2D eigenvalue weighted by molar-refractivity contribution is -0.138. The SMILES string of the molecule is CCC(Oc1ccccc1)C(=O)N(CC)CC. The number of hydrogen-bond acceptors (Lipinski definition) is 2. The minimum Gasteiger partial charge on any atom is -0.481 e. The molecule has 0 aliphatic rings. The quantitative estimate of drug-likeness (QED) is 0.758. The van der Waals surface area contributed by atoms with Crippen LogP contribution in [0.5, 0.6) is 5.75 Å². The van der Waals surface area contributed by atoms with Gasteiger partial charge in [-0.15, -0.1) is 0 Å². The molecule has 1 rings (SSSR count). The minimum atomic E-state index is -0.378. The molecule has 3 nitrogen and oxygen atoms in total. The van der Waals surface area contributed by atoms with Crippen LogP contribution in [0.25, 0.3) is 0 Å². The zero-order valence-electron chi connectivity index (χ0n) is 10.8. The summed E-state index contributed by atoms with van der Waals surface area (Å²) in [6.45, 7) is 7.39. The second kappa shape index (κ2) is 6.94. The molecule has 0 radical (unpaired) electrons. The molecular weight excluding hydrogens is 214 g/mol. The lowest BCUT2D eigenvalue weighted by Gasteiger charge is -2.25. The second-order valence-corrected chi connectivity index (χ2v) is 3.84. The van der Waals surface area contributed by atoms with Gasteiger partial charge in [0, 0.05) is 13.1 Å². The maximum atomic E-state index is 12.1. The van der Waals surface area contributed by atoms with Gasteiger partial charge in [-0.25, -0.2) is 0 Å². The molecule has 1 aromatic rings. The van der Waals surface area contributed by atoms with Gasteiger partial charge in [-0.2, -0.15) is 0 Å². The molecule has 1 atom stereocenters. The number of amides is 1. The van der Waals surface area contributed by atoms with Crippen LogP contribution in [0.2, 0.25) is 0 Å². The molecule has 94 valence electrons. The smallest absolute Gasteiger partial charge is 0.263 e. The van der Waals surface area contributed by atoms with E-state index in [-0.39, 0.29) is 12.0 Å². The molecule has 3 heteroatoms. The fraction of sp³-hybridized carbons (Fsp3) is 0.500. The summed E-state index contributed by atoms with van der Waals surface area (Å²) < 4.78 is 5.72. The Morgan fingerprint density at radius 1 is 1.18 bits per heavy atom. The van der Waals surface area contributed by atoms with Crippen LogP contribution < -0.4 is 4.74 Å². The highest BCUT2D eigenvalue weighted by Gasteiger charge is 2.22. The molecule has 0 N–H and O–H groups in total. The molecule has 1 unspecified atom stereocenters.